The van der Waals surface area contributed by atoms with Gasteiger partial charge < -0.3 is 15.4 Å². The lowest BCUT2D eigenvalue weighted by molar-refractivity contribution is 0.150. The molecule has 1 unspecified atom stereocenters. The lowest BCUT2D eigenvalue weighted by Gasteiger charge is -2.29. The Morgan fingerprint density at radius 1 is 1.28 bits per heavy atom. The second-order valence-electron chi connectivity index (χ2n) is 4.65. The quantitative estimate of drug-likeness (QED) is 0.838. The van der Waals surface area contributed by atoms with Gasteiger partial charge in [-0.2, -0.15) is 0 Å². The van der Waals surface area contributed by atoms with Crippen LogP contribution in [0.5, 0.6) is 5.75 Å². The number of nitrogens with zero attached hydrogens (tertiary/aromatic N) is 1. The van der Waals surface area contributed by atoms with Gasteiger partial charge >= 0.3 is 0 Å². The molecule has 0 radical (unpaired) electrons. The summed E-state index contributed by atoms with van der Waals surface area (Å²) in [7, 11) is 2.18. The number of nitrogens with two attached hydrogens (primary N) is 1. The molecule has 2 N–H and O–H groups in total. The average Bonchev–Trinajstić information content (AvgIpc) is 2.41. The Morgan fingerprint density at radius 2 is 1.94 bits per heavy atom. The Balaban J connectivity index is 0.000000771. The van der Waals surface area contributed by atoms with E-state index in [2.05, 4.69) is 11.9 Å². The van der Waals surface area contributed by atoms with Crippen LogP contribution in [0, 0.1) is 5.92 Å². The molecule has 3 heteroatoms. The molecule has 0 spiro atoms. The standard InChI is InChI=1S/C13H20N2O.C2H6/c1-15-8-2-3-11(9-15)10-16-13-6-4-12(14)5-7-13;1-2/h4-7,11H,2-3,8-10,14H2,1H3;1-2H3. The molecule has 2 rings (SSSR count). The highest BCUT2D eigenvalue weighted by Gasteiger charge is 2.17. The van der Waals surface area contributed by atoms with Gasteiger partial charge in [-0.15, -0.1) is 0 Å². The van der Waals surface area contributed by atoms with Crippen molar-refractivity contribution >= 4 is 5.69 Å². The first-order valence-corrected chi connectivity index (χ1v) is 6.91. The van der Waals surface area contributed by atoms with Gasteiger partial charge in [-0.1, -0.05) is 13.8 Å². The predicted molar refractivity (Wildman–Crippen MR) is 77.9 cm³/mol. The van der Waals surface area contributed by atoms with Crippen LogP contribution in [-0.4, -0.2) is 31.6 Å². The number of rotatable bonds is 3. The van der Waals surface area contributed by atoms with Crippen LogP contribution in [0.1, 0.15) is 26.7 Å². The van der Waals surface area contributed by atoms with Crippen LogP contribution in [0.15, 0.2) is 24.3 Å². The second kappa shape index (κ2) is 7.98. The minimum absolute atomic E-state index is 0.663. The smallest absolute Gasteiger partial charge is 0.119 e. The number of nitrogen functional groups attached to an aromatic ring is 1. The molecule has 18 heavy (non-hydrogen) atoms. The molecule has 1 aromatic carbocycles. The molecular formula is C15H26N2O. The summed E-state index contributed by atoms with van der Waals surface area (Å²) in [5, 5.41) is 0. The van der Waals surface area contributed by atoms with Gasteiger partial charge in [0.15, 0.2) is 0 Å². The number of ether oxygens (including phenoxy) is 1. The third-order valence-corrected chi connectivity index (χ3v) is 3.09. The summed E-state index contributed by atoms with van der Waals surface area (Å²) in [5.41, 5.74) is 6.40. The van der Waals surface area contributed by atoms with E-state index in [-0.39, 0.29) is 0 Å². The number of benzene rings is 1. The molecule has 3 nitrogen and oxygen atoms in total. The minimum atomic E-state index is 0.663. The maximum atomic E-state index is 5.77. The van der Waals surface area contributed by atoms with E-state index in [9.17, 15) is 0 Å². The topological polar surface area (TPSA) is 38.5 Å². The molecular weight excluding hydrogens is 224 g/mol. The van der Waals surface area contributed by atoms with Crippen molar-refractivity contribution in [2.45, 2.75) is 26.7 Å². The van der Waals surface area contributed by atoms with E-state index in [0.29, 0.717) is 5.92 Å². The second-order valence-corrected chi connectivity index (χ2v) is 4.65. The van der Waals surface area contributed by atoms with Crippen LogP contribution >= 0.6 is 0 Å². The van der Waals surface area contributed by atoms with Gasteiger partial charge in [0.1, 0.15) is 5.75 Å². The van der Waals surface area contributed by atoms with Crippen molar-refractivity contribution < 1.29 is 4.74 Å². The maximum Gasteiger partial charge on any atom is 0.119 e. The van der Waals surface area contributed by atoms with Crippen molar-refractivity contribution in [3.8, 4) is 5.75 Å². The van der Waals surface area contributed by atoms with Gasteiger partial charge in [0.2, 0.25) is 0 Å². The Bertz CT molecular complexity index is 324. The molecule has 1 aliphatic rings. The third-order valence-electron chi connectivity index (χ3n) is 3.09. The highest BCUT2D eigenvalue weighted by molar-refractivity contribution is 5.41. The van der Waals surface area contributed by atoms with E-state index in [1.54, 1.807) is 0 Å². The van der Waals surface area contributed by atoms with E-state index >= 15 is 0 Å². The lowest BCUT2D eigenvalue weighted by atomic mass is 10.00. The van der Waals surface area contributed by atoms with Crippen LogP contribution in [0.2, 0.25) is 0 Å². The molecule has 1 fully saturated rings. The Hall–Kier alpha value is -1.22. The normalized spacial score (nSPS) is 19.8. The third kappa shape index (κ3) is 4.96. The van der Waals surface area contributed by atoms with Crippen LogP contribution < -0.4 is 10.5 Å². The summed E-state index contributed by atoms with van der Waals surface area (Å²) >= 11 is 0. The van der Waals surface area contributed by atoms with Gasteiger partial charge in [-0.3, -0.25) is 0 Å². The van der Waals surface area contributed by atoms with E-state index in [1.807, 2.05) is 38.1 Å². The number of piperidine rings is 1. The van der Waals surface area contributed by atoms with Gasteiger partial charge in [-0.25, -0.2) is 0 Å². The van der Waals surface area contributed by atoms with Crippen LogP contribution in [0.3, 0.4) is 0 Å². The van der Waals surface area contributed by atoms with Crippen molar-refractivity contribution in [3.63, 3.8) is 0 Å². The molecule has 1 aliphatic heterocycles. The Labute approximate surface area is 111 Å². The van der Waals surface area contributed by atoms with Crippen molar-refractivity contribution in [2.24, 2.45) is 5.92 Å². The first-order chi connectivity index (χ1) is 8.74. The van der Waals surface area contributed by atoms with Gasteiger partial charge in [0, 0.05) is 18.2 Å². The van der Waals surface area contributed by atoms with Crippen molar-refractivity contribution in [1.82, 2.24) is 4.90 Å². The monoisotopic (exact) mass is 250 g/mol. The fraction of sp³-hybridized carbons (Fsp3) is 0.600. The highest BCUT2D eigenvalue weighted by atomic mass is 16.5. The van der Waals surface area contributed by atoms with Crippen molar-refractivity contribution in [1.29, 1.82) is 0 Å². The summed E-state index contributed by atoms with van der Waals surface area (Å²) in [5.74, 6) is 1.58. The largest absolute Gasteiger partial charge is 0.493 e. The number of hydrogen-bond donors (Lipinski definition) is 1. The van der Waals surface area contributed by atoms with Crippen LogP contribution in [-0.2, 0) is 0 Å². The van der Waals surface area contributed by atoms with Gasteiger partial charge in [-0.05, 0) is 50.7 Å². The molecule has 0 bridgehead atoms. The zero-order chi connectivity index (χ0) is 13.4. The zero-order valence-electron chi connectivity index (χ0n) is 11.9. The molecule has 1 saturated heterocycles. The number of anilines is 1. The predicted octanol–water partition coefficient (Wildman–Crippen LogP) is 3.02. The molecule has 1 atom stereocenters. The summed E-state index contributed by atoms with van der Waals surface area (Å²) in [6, 6.07) is 7.62. The van der Waals surface area contributed by atoms with E-state index in [1.165, 1.54) is 19.4 Å². The molecule has 0 aromatic heterocycles. The molecule has 0 aliphatic carbocycles. The van der Waals surface area contributed by atoms with E-state index in [4.69, 9.17) is 10.5 Å². The van der Waals surface area contributed by atoms with Gasteiger partial charge in [0.25, 0.3) is 0 Å². The molecule has 1 aromatic rings. The fourth-order valence-corrected chi connectivity index (χ4v) is 2.19. The highest BCUT2D eigenvalue weighted by Crippen LogP contribution is 2.18. The minimum Gasteiger partial charge on any atom is -0.493 e. The van der Waals surface area contributed by atoms with Crippen LogP contribution in [0.4, 0.5) is 5.69 Å². The van der Waals surface area contributed by atoms with Crippen molar-refractivity contribution in [2.75, 3.05) is 32.5 Å². The number of hydrogen-bond acceptors (Lipinski definition) is 3. The Morgan fingerprint density at radius 3 is 2.56 bits per heavy atom. The summed E-state index contributed by atoms with van der Waals surface area (Å²) in [6.07, 6.45) is 2.56. The molecule has 102 valence electrons. The summed E-state index contributed by atoms with van der Waals surface area (Å²) in [4.78, 5) is 2.38. The lowest BCUT2D eigenvalue weighted by Crippen LogP contribution is -2.34. The molecule has 0 saturated carbocycles. The molecule has 0 amide bonds. The first-order valence-electron chi connectivity index (χ1n) is 6.91. The summed E-state index contributed by atoms with van der Waals surface area (Å²) in [6.45, 7) is 7.18. The number of likely N-dealkylation sites (tertiary alicyclic amines) is 1. The zero-order valence-corrected chi connectivity index (χ0v) is 11.9. The van der Waals surface area contributed by atoms with Gasteiger partial charge in [0.05, 0.1) is 6.61 Å². The Kier molecular flexibility index (Phi) is 6.58. The fourth-order valence-electron chi connectivity index (χ4n) is 2.19. The van der Waals surface area contributed by atoms with Crippen LogP contribution in [0.25, 0.3) is 0 Å². The van der Waals surface area contributed by atoms with E-state index < -0.39 is 0 Å². The maximum absolute atomic E-state index is 5.77. The molecule has 1 heterocycles. The van der Waals surface area contributed by atoms with E-state index in [0.717, 1.165) is 24.6 Å². The first kappa shape index (κ1) is 14.8. The van der Waals surface area contributed by atoms with Crippen molar-refractivity contribution in [3.05, 3.63) is 24.3 Å². The SMILES string of the molecule is CC.CN1CCCC(COc2ccc(N)cc2)C1. The average molecular weight is 250 g/mol. The summed E-state index contributed by atoms with van der Waals surface area (Å²) < 4.78 is 5.77.